The van der Waals surface area contributed by atoms with Crippen molar-refractivity contribution in [1.29, 1.82) is 0 Å². The number of benzene rings is 2. The average molecular weight is 392 g/mol. The first kappa shape index (κ1) is 20.0. The molecule has 3 rings (SSSR count). The van der Waals surface area contributed by atoms with Crippen LogP contribution in [0.4, 0.5) is 5.69 Å². The van der Waals surface area contributed by atoms with E-state index in [0.29, 0.717) is 11.3 Å². The Balaban J connectivity index is 1.73. The molecule has 0 saturated heterocycles. The molecule has 1 N–H and O–H groups in total. The zero-order chi connectivity index (χ0) is 21.0. The summed E-state index contributed by atoms with van der Waals surface area (Å²) in [7, 11) is 1.25. The smallest absolute Gasteiger partial charge is 0.340 e. The summed E-state index contributed by atoms with van der Waals surface area (Å²) in [5.74, 6) is -1.78. The molecule has 0 spiro atoms. The third-order valence-corrected chi connectivity index (χ3v) is 4.48. The molecule has 29 heavy (non-hydrogen) atoms. The second-order valence-electron chi connectivity index (χ2n) is 6.38. The Morgan fingerprint density at radius 1 is 0.966 bits per heavy atom. The number of nitrogens with zero attached hydrogens (tertiary/aromatic N) is 1. The number of carbonyl (C=O) groups is 3. The molecule has 2 aromatic carbocycles. The first-order chi connectivity index (χ1) is 13.9. The molecule has 0 unspecified atom stereocenters. The van der Waals surface area contributed by atoms with E-state index in [9.17, 15) is 14.4 Å². The number of esters is 2. The summed E-state index contributed by atoms with van der Waals surface area (Å²) in [5.41, 5.74) is 2.89. The van der Waals surface area contributed by atoms with Crippen molar-refractivity contribution in [1.82, 2.24) is 4.98 Å². The maximum Gasteiger partial charge on any atom is 0.340 e. The van der Waals surface area contributed by atoms with E-state index in [2.05, 4.69) is 10.3 Å². The highest BCUT2D eigenvalue weighted by atomic mass is 16.5. The lowest BCUT2D eigenvalue weighted by atomic mass is 10.0. The minimum absolute atomic E-state index is 0.208. The molecule has 7 heteroatoms. The van der Waals surface area contributed by atoms with Gasteiger partial charge in [-0.15, -0.1) is 0 Å². The van der Waals surface area contributed by atoms with Crippen LogP contribution in [-0.2, 0) is 14.3 Å². The lowest BCUT2D eigenvalue weighted by Crippen LogP contribution is -2.23. The van der Waals surface area contributed by atoms with Crippen LogP contribution in [-0.4, -0.2) is 36.5 Å². The van der Waals surface area contributed by atoms with E-state index >= 15 is 0 Å². The number of para-hydroxylation sites is 2. The maximum atomic E-state index is 12.6. The van der Waals surface area contributed by atoms with Crippen molar-refractivity contribution in [2.24, 2.45) is 0 Å². The molecule has 0 aliphatic heterocycles. The van der Waals surface area contributed by atoms with Gasteiger partial charge in [-0.1, -0.05) is 30.3 Å². The predicted octanol–water partition coefficient (Wildman–Crippen LogP) is 3.43. The predicted molar refractivity (Wildman–Crippen MR) is 108 cm³/mol. The first-order valence-electron chi connectivity index (χ1n) is 8.92. The summed E-state index contributed by atoms with van der Waals surface area (Å²) < 4.78 is 9.89. The molecular weight excluding hydrogens is 372 g/mol. The minimum Gasteiger partial charge on any atom is -0.465 e. The average Bonchev–Trinajstić information content (AvgIpc) is 2.72. The number of aryl methyl sites for hydroxylation is 2. The normalized spacial score (nSPS) is 10.4. The number of nitrogens with one attached hydrogen (secondary N) is 1. The number of hydrogen-bond donors (Lipinski definition) is 1. The van der Waals surface area contributed by atoms with Gasteiger partial charge in [-0.2, -0.15) is 0 Å². The van der Waals surface area contributed by atoms with Gasteiger partial charge in [0.1, 0.15) is 0 Å². The van der Waals surface area contributed by atoms with Crippen LogP contribution in [0.25, 0.3) is 10.9 Å². The quantitative estimate of drug-likeness (QED) is 0.669. The molecule has 0 aliphatic rings. The lowest BCUT2D eigenvalue weighted by molar-refractivity contribution is -0.119. The Morgan fingerprint density at radius 3 is 2.41 bits per heavy atom. The number of ether oxygens (including phenoxy) is 2. The van der Waals surface area contributed by atoms with Crippen LogP contribution in [0.1, 0.15) is 32.0 Å². The topological polar surface area (TPSA) is 94.6 Å². The van der Waals surface area contributed by atoms with E-state index in [4.69, 9.17) is 9.47 Å². The lowest BCUT2D eigenvalue weighted by Gasteiger charge is -2.13. The van der Waals surface area contributed by atoms with Gasteiger partial charge in [0.15, 0.2) is 6.61 Å². The Bertz CT molecular complexity index is 1110. The largest absolute Gasteiger partial charge is 0.465 e. The van der Waals surface area contributed by atoms with E-state index in [0.717, 1.165) is 16.5 Å². The number of hydrogen-bond acceptors (Lipinski definition) is 6. The van der Waals surface area contributed by atoms with Gasteiger partial charge in [-0.3, -0.25) is 9.78 Å². The Labute approximate surface area is 167 Å². The van der Waals surface area contributed by atoms with Gasteiger partial charge in [0.2, 0.25) is 0 Å². The standard InChI is InChI=1S/C22H20N2O5/c1-13-15-8-4-6-10-17(15)23-14(2)20(13)22(27)29-12-19(25)24-18-11-7-5-9-16(18)21(26)28-3/h4-11H,12H2,1-3H3,(H,24,25). The van der Waals surface area contributed by atoms with Crippen LogP contribution in [0.15, 0.2) is 48.5 Å². The Morgan fingerprint density at radius 2 is 1.66 bits per heavy atom. The zero-order valence-electron chi connectivity index (χ0n) is 16.3. The van der Waals surface area contributed by atoms with Gasteiger partial charge in [0, 0.05) is 5.39 Å². The molecule has 148 valence electrons. The van der Waals surface area contributed by atoms with Crippen molar-refractivity contribution in [2.75, 3.05) is 19.0 Å². The highest BCUT2D eigenvalue weighted by molar-refractivity contribution is 6.03. The summed E-state index contributed by atoms with van der Waals surface area (Å²) in [6.07, 6.45) is 0. The van der Waals surface area contributed by atoms with Crippen LogP contribution < -0.4 is 5.32 Å². The fraction of sp³-hybridized carbons (Fsp3) is 0.182. The van der Waals surface area contributed by atoms with Crippen molar-refractivity contribution in [3.05, 3.63) is 70.9 Å². The molecular formula is C22H20N2O5. The number of pyridine rings is 1. The van der Waals surface area contributed by atoms with Crippen LogP contribution >= 0.6 is 0 Å². The molecule has 1 heterocycles. The van der Waals surface area contributed by atoms with E-state index in [-0.39, 0.29) is 11.3 Å². The van der Waals surface area contributed by atoms with Crippen LogP contribution in [0, 0.1) is 13.8 Å². The molecule has 0 radical (unpaired) electrons. The highest BCUT2D eigenvalue weighted by Crippen LogP contribution is 2.23. The Kier molecular flexibility index (Phi) is 5.87. The molecule has 0 fully saturated rings. The van der Waals surface area contributed by atoms with E-state index in [1.54, 1.807) is 25.1 Å². The number of aromatic nitrogens is 1. The summed E-state index contributed by atoms with van der Waals surface area (Å²) in [5, 5.41) is 3.41. The molecule has 0 atom stereocenters. The highest BCUT2D eigenvalue weighted by Gasteiger charge is 2.19. The summed E-state index contributed by atoms with van der Waals surface area (Å²) in [6, 6.07) is 13.9. The summed E-state index contributed by atoms with van der Waals surface area (Å²) >= 11 is 0. The van der Waals surface area contributed by atoms with Crippen molar-refractivity contribution in [2.45, 2.75) is 13.8 Å². The third-order valence-electron chi connectivity index (χ3n) is 4.48. The SMILES string of the molecule is COC(=O)c1ccccc1NC(=O)COC(=O)c1c(C)nc2ccccc2c1C. The fourth-order valence-corrected chi connectivity index (χ4v) is 3.10. The van der Waals surface area contributed by atoms with Crippen molar-refractivity contribution < 1.29 is 23.9 Å². The van der Waals surface area contributed by atoms with Gasteiger partial charge in [0.25, 0.3) is 5.91 Å². The molecule has 7 nitrogen and oxygen atoms in total. The monoisotopic (exact) mass is 392 g/mol. The van der Waals surface area contributed by atoms with Gasteiger partial charge < -0.3 is 14.8 Å². The minimum atomic E-state index is -0.630. The van der Waals surface area contributed by atoms with E-state index in [1.165, 1.54) is 13.2 Å². The number of amides is 1. The van der Waals surface area contributed by atoms with E-state index in [1.807, 2.05) is 31.2 Å². The molecule has 0 saturated carbocycles. The number of fused-ring (bicyclic) bond motifs is 1. The zero-order valence-corrected chi connectivity index (χ0v) is 16.3. The Hall–Kier alpha value is -3.74. The van der Waals surface area contributed by atoms with Crippen molar-refractivity contribution in [3.8, 4) is 0 Å². The number of rotatable bonds is 5. The summed E-state index contributed by atoms with van der Waals surface area (Å²) in [4.78, 5) is 41.1. The van der Waals surface area contributed by atoms with Gasteiger partial charge in [-0.05, 0) is 37.6 Å². The molecule has 0 bridgehead atoms. The second kappa shape index (κ2) is 8.52. The van der Waals surface area contributed by atoms with Gasteiger partial charge in [-0.25, -0.2) is 9.59 Å². The second-order valence-corrected chi connectivity index (χ2v) is 6.38. The van der Waals surface area contributed by atoms with Gasteiger partial charge in [0.05, 0.1) is 35.1 Å². The maximum absolute atomic E-state index is 12.6. The third kappa shape index (κ3) is 4.24. The van der Waals surface area contributed by atoms with Crippen molar-refractivity contribution >= 4 is 34.4 Å². The molecule has 1 aromatic heterocycles. The number of anilines is 1. The fourth-order valence-electron chi connectivity index (χ4n) is 3.10. The molecule has 1 amide bonds. The van der Waals surface area contributed by atoms with E-state index < -0.39 is 24.5 Å². The number of carbonyl (C=O) groups excluding carboxylic acids is 3. The van der Waals surface area contributed by atoms with Gasteiger partial charge >= 0.3 is 11.9 Å². The first-order valence-corrected chi connectivity index (χ1v) is 8.92. The molecule has 0 aliphatic carbocycles. The van der Waals surface area contributed by atoms with Crippen LogP contribution in [0.2, 0.25) is 0 Å². The number of methoxy groups -OCH3 is 1. The molecule has 3 aromatic rings. The van der Waals surface area contributed by atoms with Crippen molar-refractivity contribution in [3.63, 3.8) is 0 Å². The van der Waals surface area contributed by atoms with Crippen LogP contribution in [0.5, 0.6) is 0 Å². The summed E-state index contributed by atoms with van der Waals surface area (Å²) in [6.45, 7) is 3.04. The van der Waals surface area contributed by atoms with Crippen LogP contribution in [0.3, 0.4) is 0 Å².